The summed E-state index contributed by atoms with van der Waals surface area (Å²) in [6.07, 6.45) is 1.79. The highest BCUT2D eigenvalue weighted by atomic mass is 16.5. The van der Waals surface area contributed by atoms with E-state index >= 15 is 0 Å². The highest BCUT2D eigenvalue weighted by molar-refractivity contribution is 5.82. The van der Waals surface area contributed by atoms with Crippen molar-refractivity contribution in [3.05, 3.63) is 48.0 Å². The number of benzene rings is 1. The molecule has 26 heavy (non-hydrogen) atoms. The average Bonchev–Trinajstić information content (AvgIpc) is 3.23. The van der Waals surface area contributed by atoms with Crippen molar-refractivity contribution in [3.8, 4) is 0 Å². The summed E-state index contributed by atoms with van der Waals surface area (Å²) in [5, 5.41) is 22.5. The number of fused-ring (bicyclic) bond motifs is 1. The molecule has 2 aromatic heterocycles. The summed E-state index contributed by atoms with van der Waals surface area (Å²) >= 11 is 0. The fraction of sp³-hybridized carbons (Fsp3) is 0.389. The molecule has 0 spiro atoms. The molecule has 8 heteroatoms. The number of aliphatic hydroxyl groups excluding tert-OH is 2. The quantitative estimate of drug-likeness (QED) is 0.635. The van der Waals surface area contributed by atoms with Gasteiger partial charge in [0.15, 0.2) is 17.0 Å². The smallest absolute Gasteiger partial charge is 0.167 e. The molecule has 0 aliphatic carbocycles. The molecule has 3 aromatic rings. The van der Waals surface area contributed by atoms with Gasteiger partial charge in [-0.05, 0) is 12.5 Å². The maximum Gasteiger partial charge on any atom is 0.167 e. The number of nitrogens with one attached hydrogen (secondary N) is 1. The van der Waals surface area contributed by atoms with Crippen LogP contribution in [-0.2, 0) is 11.3 Å². The molecule has 1 unspecified atom stereocenters. The van der Waals surface area contributed by atoms with Gasteiger partial charge < -0.3 is 20.3 Å². The van der Waals surface area contributed by atoms with Gasteiger partial charge in [0.05, 0.1) is 19.0 Å². The van der Waals surface area contributed by atoms with Crippen LogP contribution in [0.5, 0.6) is 0 Å². The number of imidazole rings is 1. The van der Waals surface area contributed by atoms with Gasteiger partial charge in [-0.3, -0.25) is 4.57 Å². The molecule has 1 aliphatic rings. The number of aryl methyl sites for hydroxylation is 1. The Morgan fingerprint density at radius 3 is 2.96 bits per heavy atom. The second kappa shape index (κ2) is 6.99. The van der Waals surface area contributed by atoms with Crippen molar-refractivity contribution >= 4 is 17.0 Å². The number of hydrogen-bond acceptors (Lipinski definition) is 7. The van der Waals surface area contributed by atoms with E-state index in [4.69, 9.17) is 4.74 Å². The minimum Gasteiger partial charge on any atom is -0.394 e. The van der Waals surface area contributed by atoms with E-state index in [9.17, 15) is 10.2 Å². The van der Waals surface area contributed by atoms with E-state index in [1.807, 2.05) is 6.07 Å². The van der Waals surface area contributed by atoms with Gasteiger partial charge in [-0.2, -0.15) is 0 Å². The van der Waals surface area contributed by atoms with Crippen LogP contribution in [0.25, 0.3) is 11.2 Å². The first kappa shape index (κ1) is 16.9. The fourth-order valence-corrected chi connectivity index (χ4v) is 3.25. The van der Waals surface area contributed by atoms with Crippen molar-refractivity contribution in [3.63, 3.8) is 0 Å². The molecular weight excluding hydrogens is 334 g/mol. The van der Waals surface area contributed by atoms with Gasteiger partial charge in [-0.25, -0.2) is 15.0 Å². The lowest BCUT2D eigenvalue weighted by atomic mass is 10.1. The minimum atomic E-state index is -0.705. The van der Waals surface area contributed by atoms with E-state index in [1.165, 1.54) is 11.9 Å². The molecule has 0 radical (unpaired) electrons. The second-order valence-corrected chi connectivity index (χ2v) is 6.50. The first-order chi connectivity index (χ1) is 12.7. The van der Waals surface area contributed by atoms with E-state index in [2.05, 4.69) is 45.4 Å². The van der Waals surface area contributed by atoms with E-state index in [-0.39, 0.29) is 6.61 Å². The number of hydrogen-bond donors (Lipinski definition) is 3. The lowest BCUT2D eigenvalue weighted by Crippen LogP contribution is -2.24. The van der Waals surface area contributed by atoms with Gasteiger partial charge in [0.2, 0.25) is 0 Å². The third-order valence-corrected chi connectivity index (χ3v) is 4.60. The van der Waals surface area contributed by atoms with Gasteiger partial charge in [0, 0.05) is 13.0 Å². The number of aromatic nitrogens is 4. The Morgan fingerprint density at radius 2 is 2.19 bits per heavy atom. The van der Waals surface area contributed by atoms with Crippen LogP contribution in [0.2, 0.25) is 0 Å². The van der Waals surface area contributed by atoms with Crippen molar-refractivity contribution in [2.45, 2.75) is 38.3 Å². The molecule has 3 N–H and O–H groups in total. The average molecular weight is 355 g/mol. The summed E-state index contributed by atoms with van der Waals surface area (Å²) in [5.41, 5.74) is 3.63. The van der Waals surface area contributed by atoms with Gasteiger partial charge in [-0.1, -0.05) is 29.8 Å². The van der Waals surface area contributed by atoms with Crippen LogP contribution in [0.15, 0.2) is 36.9 Å². The molecule has 1 aromatic carbocycles. The Bertz CT molecular complexity index is 913. The van der Waals surface area contributed by atoms with E-state index in [1.54, 1.807) is 10.9 Å². The summed E-state index contributed by atoms with van der Waals surface area (Å²) in [5.74, 6) is 0.646. The number of nitrogens with zero attached hydrogens (tertiary/aromatic N) is 4. The van der Waals surface area contributed by atoms with E-state index in [0.717, 1.165) is 5.56 Å². The fourth-order valence-electron chi connectivity index (χ4n) is 3.25. The highest BCUT2D eigenvalue weighted by Crippen LogP contribution is 2.31. The molecule has 3 heterocycles. The zero-order valence-electron chi connectivity index (χ0n) is 14.4. The summed E-state index contributed by atoms with van der Waals surface area (Å²) < 4.78 is 7.47. The third-order valence-electron chi connectivity index (χ3n) is 4.60. The molecule has 1 saturated heterocycles. The predicted octanol–water partition coefficient (Wildman–Crippen LogP) is 1.39. The van der Waals surface area contributed by atoms with Crippen LogP contribution in [-0.4, -0.2) is 48.5 Å². The SMILES string of the molecule is Cc1cccc(CNc2ncnc3c2ncn3[C@H]2CC(O)[C@@H](CO)O2)c1. The molecule has 1 aliphatic heterocycles. The summed E-state index contributed by atoms with van der Waals surface area (Å²) in [6, 6.07) is 8.26. The molecule has 0 saturated carbocycles. The van der Waals surface area contributed by atoms with Gasteiger partial charge in [-0.15, -0.1) is 0 Å². The van der Waals surface area contributed by atoms with Crippen molar-refractivity contribution in [2.75, 3.05) is 11.9 Å². The molecule has 1 fully saturated rings. The van der Waals surface area contributed by atoms with Gasteiger partial charge in [0.25, 0.3) is 0 Å². The Balaban J connectivity index is 1.57. The zero-order chi connectivity index (χ0) is 18.1. The summed E-state index contributed by atoms with van der Waals surface area (Å²) in [7, 11) is 0. The standard InChI is InChI=1S/C18H21N5O3/c1-11-3-2-4-12(5-11)7-19-17-16-18(21-9-20-17)23(10-22-16)15-6-13(25)14(8-24)26-15/h2-5,9-10,13-15,24-25H,6-8H2,1H3,(H,19,20,21)/t13?,14-,15-/m1/s1. The Hall–Kier alpha value is -2.55. The van der Waals surface area contributed by atoms with Crippen molar-refractivity contribution in [1.82, 2.24) is 19.5 Å². The molecule has 0 amide bonds. The highest BCUT2D eigenvalue weighted by Gasteiger charge is 2.35. The van der Waals surface area contributed by atoms with Crippen LogP contribution in [0.3, 0.4) is 0 Å². The molecule has 136 valence electrons. The van der Waals surface area contributed by atoms with Gasteiger partial charge >= 0.3 is 0 Å². The Morgan fingerprint density at radius 1 is 1.31 bits per heavy atom. The van der Waals surface area contributed by atoms with Crippen LogP contribution >= 0.6 is 0 Å². The second-order valence-electron chi connectivity index (χ2n) is 6.50. The van der Waals surface area contributed by atoms with Crippen molar-refractivity contribution < 1.29 is 14.9 Å². The first-order valence-corrected chi connectivity index (χ1v) is 8.57. The lowest BCUT2D eigenvalue weighted by molar-refractivity contribution is -0.0432. The molecule has 3 atom stereocenters. The molecule has 0 bridgehead atoms. The van der Waals surface area contributed by atoms with Crippen LogP contribution in [0.1, 0.15) is 23.8 Å². The maximum absolute atomic E-state index is 9.95. The first-order valence-electron chi connectivity index (χ1n) is 8.57. The lowest BCUT2D eigenvalue weighted by Gasteiger charge is -2.13. The number of ether oxygens (including phenoxy) is 1. The van der Waals surface area contributed by atoms with E-state index in [0.29, 0.717) is 29.9 Å². The molecule has 8 nitrogen and oxygen atoms in total. The zero-order valence-corrected chi connectivity index (χ0v) is 14.4. The Kier molecular flexibility index (Phi) is 4.54. The summed E-state index contributed by atoms with van der Waals surface area (Å²) in [4.78, 5) is 13.0. The predicted molar refractivity (Wildman–Crippen MR) is 95.4 cm³/mol. The molecular formula is C18H21N5O3. The Labute approximate surface area is 150 Å². The monoisotopic (exact) mass is 355 g/mol. The number of rotatable bonds is 5. The largest absolute Gasteiger partial charge is 0.394 e. The van der Waals surface area contributed by atoms with Crippen molar-refractivity contribution in [1.29, 1.82) is 0 Å². The number of anilines is 1. The maximum atomic E-state index is 9.95. The summed E-state index contributed by atoms with van der Waals surface area (Å²) in [6.45, 7) is 2.47. The number of aliphatic hydroxyl groups is 2. The van der Waals surface area contributed by atoms with Crippen molar-refractivity contribution in [2.24, 2.45) is 0 Å². The third kappa shape index (κ3) is 3.14. The van der Waals surface area contributed by atoms with Crippen LogP contribution in [0.4, 0.5) is 5.82 Å². The van der Waals surface area contributed by atoms with Gasteiger partial charge in [0.1, 0.15) is 18.7 Å². The normalized spacial score (nSPS) is 22.8. The van der Waals surface area contributed by atoms with Crippen LogP contribution < -0.4 is 5.32 Å². The minimum absolute atomic E-state index is 0.220. The van der Waals surface area contributed by atoms with E-state index < -0.39 is 18.4 Å². The molecule has 4 rings (SSSR count). The van der Waals surface area contributed by atoms with Crippen LogP contribution in [0, 0.1) is 6.92 Å². The topological polar surface area (TPSA) is 105 Å².